The Balaban J connectivity index is 1.59. The maximum absolute atomic E-state index is 9.70. The molecule has 1 aliphatic rings. The number of aromatic nitrogens is 4. The molecule has 8 nitrogen and oxygen atoms in total. The predicted octanol–water partition coefficient (Wildman–Crippen LogP) is 5.71. The van der Waals surface area contributed by atoms with Gasteiger partial charge in [0, 0.05) is 47.3 Å². The smallest absolute Gasteiger partial charge is 0.150 e. The van der Waals surface area contributed by atoms with E-state index >= 15 is 0 Å². The Morgan fingerprint density at radius 1 is 1.20 bits per heavy atom. The van der Waals surface area contributed by atoms with E-state index in [2.05, 4.69) is 9.97 Å². The van der Waals surface area contributed by atoms with Gasteiger partial charge in [-0.05, 0) is 50.5 Å². The van der Waals surface area contributed by atoms with Gasteiger partial charge < -0.3 is 20.3 Å². The first kappa shape index (κ1) is 23.8. The molecular formula is C25H25Cl2N5O3. The molecule has 182 valence electrons. The highest BCUT2D eigenvalue weighted by Gasteiger charge is 2.23. The van der Waals surface area contributed by atoms with Crippen molar-refractivity contribution in [2.75, 3.05) is 12.3 Å². The van der Waals surface area contributed by atoms with Gasteiger partial charge in [-0.3, -0.25) is 4.98 Å². The van der Waals surface area contributed by atoms with Gasteiger partial charge in [0.2, 0.25) is 0 Å². The van der Waals surface area contributed by atoms with Crippen molar-refractivity contribution in [3.05, 3.63) is 64.0 Å². The molecule has 10 heteroatoms. The van der Waals surface area contributed by atoms with Crippen molar-refractivity contribution < 1.29 is 14.6 Å². The third-order valence-electron chi connectivity index (χ3n) is 6.16. The lowest BCUT2D eigenvalue weighted by atomic mass is 10.1. The lowest BCUT2D eigenvalue weighted by Gasteiger charge is -2.23. The molecule has 1 fully saturated rings. The van der Waals surface area contributed by atoms with Crippen LogP contribution < -0.4 is 10.5 Å². The number of aliphatic hydroxyl groups excluding tert-OH is 1. The summed E-state index contributed by atoms with van der Waals surface area (Å²) in [7, 11) is 0. The lowest BCUT2D eigenvalue weighted by Crippen LogP contribution is -2.19. The number of hydrogen-bond acceptors (Lipinski definition) is 7. The molecule has 2 atom stereocenters. The second-order valence-electron chi connectivity index (χ2n) is 8.50. The molecule has 5 rings (SSSR count). The Kier molecular flexibility index (Phi) is 6.80. The van der Waals surface area contributed by atoms with Crippen LogP contribution >= 0.6 is 23.2 Å². The molecule has 0 aliphatic carbocycles. The largest absolute Gasteiger partial charge is 0.486 e. The number of nitrogens with two attached hydrogens (primary N) is 1. The average Bonchev–Trinajstić information content (AvgIpc) is 3.23. The summed E-state index contributed by atoms with van der Waals surface area (Å²) in [5.41, 5.74) is 9.48. The molecule has 3 aromatic heterocycles. The van der Waals surface area contributed by atoms with Crippen molar-refractivity contribution in [2.24, 2.45) is 0 Å². The van der Waals surface area contributed by atoms with E-state index in [0.29, 0.717) is 45.0 Å². The van der Waals surface area contributed by atoms with Crippen molar-refractivity contribution in [2.45, 2.75) is 45.1 Å². The normalized spacial score (nSPS) is 17.0. The van der Waals surface area contributed by atoms with Gasteiger partial charge in [0.1, 0.15) is 23.4 Å². The Bertz CT molecular complexity index is 1350. The number of rotatable bonds is 6. The first-order chi connectivity index (χ1) is 17.0. The van der Waals surface area contributed by atoms with Gasteiger partial charge in [-0.1, -0.05) is 23.2 Å². The van der Waals surface area contributed by atoms with Crippen LogP contribution in [0.5, 0.6) is 5.75 Å². The van der Waals surface area contributed by atoms with E-state index in [9.17, 15) is 5.11 Å². The zero-order chi connectivity index (χ0) is 24.5. The van der Waals surface area contributed by atoms with E-state index in [0.717, 1.165) is 35.7 Å². The van der Waals surface area contributed by atoms with E-state index in [1.165, 1.54) is 0 Å². The van der Waals surface area contributed by atoms with E-state index in [1.54, 1.807) is 18.6 Å². The molecule has 3 N–H and O–H groups in total. The van der Waals surface area contributed by atoms with Crippen LogP contribution in [-0.2, 0) is 11.3 Å². The molecule has 0 amide bonds. The van der Waals surface area contributed by atoms with Crippen molar-refractivity contribution in [3.8, 4) is 17.0 Å². The highest BCUT2D eigenvalue weighted by Crippen LogP contribution is 2.37. The Labute approximate surface area is 212 Å². The molecule has 1 aromatic carbocycles. The van der Waals surface area contributed by atoms with E-state index in [4.69, 9.17) is 43.5 Å². The predicted molar refractivity (Wildman–Crippen MR) is 135 cm³/mol. The number of anilines is 1. The third kappa shape index (κ3) is 4.67. The summed E-state index contributed by atoms with van der Waals surface area (Å²) in [6.45, 7) is 2.37. The number of pyridine rings is 2. The SMILES string of the molecule is C[C@@H](Oc1ccc2c(c1)c(-c1cnc(N)c(CO)c1)nn2C1CCCCO1)c1c(Cl)cncc1Cl. The van der Waals surface area contributed by atoms with Crippen LogP contribution in [0, 0.1) is 0 Å². The summed E-state index contributed by atoms with van der Waals surface area (Å²) < 4.78 is 14.2. The molecular weight excluding hydrogens is 489 g/mol. The van der Waals surface area contributed by atoms with Gasteiger partial charge in [-0.25, -0.2) is 9.67 Å². The molecule has 0 saturated carbocycles. The van der Waals surface area contributed by atoms with Crippen LogP contribution in [0.3, 0.4) is 0 Å². The molecule has 0 radical (unpaired) electrons. The minimum Gasteiger partial charge on any atom is -0.486 e. The number of ether oxygens (including phenoxy) is 2. The fourth-order valence-electron chi connectivity index (χ4n) is 4.39. The molecule has 0 spiro atoms. The van der Waals surface area contributed by atoms with Crippen molar-refractivity contribution in [1.82, 2.24) is 19.7 Å². The van der Waals surface area contributed by atoms with E-state index < -0.39 is 6.10 Å². The lowest BCUT2D eigenvalue weighted by molar-refractivity contribution is -0.0365. The standard InChI is InChI=1S/C25H25Cl2N5O3/c1-14(23-19(26)11-29-12-20(23)27)35-17-5-6-21-18(9-17)24(15-8-16(13-33)25(28)30-10-15)31-32(21)22-4-2-3-7-34-22/h5-6,8-12,14,22,33H,2-4,7,13H2,1H3,(H2,28,30)/t14-,22?/m1/s1. The summed E-state index contributed by atoms with van der Waals surface area (Å²) in [6, 6.07) is 7.61. The monoisotopic (exact) mass is 513 g/mol. The Hall–Kier alpha value is -2.91. The molecule has 35 heavy (non-hydrogen) atoms. The third-order valence-corrected chi connectivity index (χ3v) is 6.76. The number of benzene rings is 1. The topological polar surface area (TPSA) is 108 Å². The number of nitrogen functional groups attached to an aromatic ring is 1. The first-order valence-corrected chi connectivity index (χ1v) is 12.2. The molecule has 1 aliphatic heterocycles. The quantitative estimate of drug-likeness (QED) is 0.339. The van der Waals surface area contributed by atoms with Gasteiger partial charge >= 0.3 is 0 Å². The van der Waals surface area contributed by atoms with Crippen LogP contribution in [0.25, 0.3) is 22.2 Å². The van der Waals surface area contributed by atoms with Crippen LogP contribution in [0.2, 0.25) is 10.0 Å². The fourth-order valence-corrected chi connectivity index (χ4v) is 5.06. The van der Waals surface area contributed by atoms with Gasteiger partial charge in [0.25, 0.3) is 0 Å². The zero-order valence-corrected chi connectivity index (χ0v) is 20.6. The minimum absolute atomic E-state index is 0.154. The summed E-state index contributed by atoms with van der Waals surface area (Å²) >= 11 is 12.7. The first-order valence-electron chi connectivity index (χ1n) is 11.4. The molecule has 1 saturated heterocycles. The highest BCUT2D eigenvalue weighted by molar-refractivity contribution is 6.35. The van der Waals surface area contributed by atoms with Gasteiger partial charge in [-0.2, -0.15) is 5.10 Å². The molecule has 1 unspecified atom stereocenters. The minimum atomic E-state index is -0.408. The summed E-state index contributed by atoms with van der Waals surface area (Å²) in [5, 5.41) is 16.4. The van der Waals surface area contributed by atoms with Gasteiger partial charge in [0.05, 0.1) is 22.2 Å². The molecule has 4 aromatic rings. The number of aliphatic hydroxyl groups is 1. The van der Waals surface area contributed by atoms with Gasteiger partial charge in [-0.15, -0.1) is 0 Å². The number of halogens is 2. The summed E-state index contributed by atoms with van der Waals surface area (Å²) in [6.07, 6.45) is 7.19. The molecule has 0 bridgehead atoms. The molecule has 4 heterocycles. The van der Waals surface area contributed by atoms with E-state index in [1.807, 2.05) is 35.9 Å². The average molecular weight is 514 g/mol. The fraction of sp³-hybridized carbons (Fsp3) is 0.320. The Morgan fingerprint density at radius 2 is 2.00 bits per heavy atom. The van der Waals surface area contributed by atoms with Crippen LogP contribution in [0.15, 0.2) is 42.9 Å². The van der Waals surface area contributed by atoms with Crippen molar-refractivity contribution in [1.29, 1.82) is 0 Å². The van der Waals surface area contributed by atoms with E-state index in [-0.39, 0.29) is 12.8 Å². The highest BCUT2D eigenvalue weighted by atomic mass is 35.5. The maximum Gasteiger partial charge on any atom is 0.150 e. The second kappa shape index (κ2) is 9.99. The second-order valence-corrected chi connectivity index (χ2v) is 9.31. The van der Waals surface area contributed by atoms with Crippen molar-refractivity contribution in [3.63, 3.8) is 0 Å². The van der Waals surface area contributed by atoms with Crippen LogP contribution in [0.1, 0.15) is 49.6 Å². The number of nitrogens with zero attached hydrogens (tertiary/aromatic N) is 4. The Morgan fingerprint density at radius 3 is 2.71 bits per heavy atom. The zero-order valence-electron chi connectivity index (χ0n) is 19.1. The summed E-state index contributed by atoms with van der Waals surface area (Å²) in [5.74, 6) is 0.921. The number of fused-ring (bicyclic) bond motifs is 1. The summed E-state index contributed by atoms with van der Waals surface area (Å²) in [4.78, 5) is 8.27. The van der Waals surface area contributed by atoms with Crippen molar-refractivity contribution >= 4 is 39.9 Å². The maximum atomic E-state index is 9.70. The van der Waals surface area contributed by atoms with Crippen LogP contribution in [0.4, 0.5) is 5.82 Å². The van der Waals surface area contributed by atoms with Crippen LogP contribution in [-0.4, -0.2) is 31.5 Å². The number of hydrogen-bond donors (Lipinski definition) is 2. The van der Waals surface area contributed by atoms with Gasteiger partial charge in [0.15, 0.2) is 6.23 Å².